The normalized spacial score (nSPS) is 12.5. The Bertz CT molecular complexity index is 407. The third kappa shape index (κ3) is 6.21. The van der Waals surface area contributed by atoms with Gasteiger partial charge in [-0.1, -0.05) is 28.1 Å². The van der Waals surface area contributed by atoms with E-state index >= 15 is 0 Å². The fourth-order valence-electron chi connectivity index (χ4n) is 2.07. The van der Waals surface area contributed by atoms with Crippen LogP contribution >= 0.6 is 15.9 Å². The maximum absolute atomic E-state index is 11.8. The van der Waals surface area contributed by atoms with E-state index in [2.05, 4.69) is 26.9 Å². The Morgan fingerprint density at radius 3 is 2.74 bits per heavy atom. The van der Waals surface area contributed by atoms with Crippen molar-refractivity contribution in [2.45, 2.75) is 19.3 Å². The quantitative estimate of drug-likeness (QED) is 0.720. The molecule has 1 atom stereocenters. The Labute approximate surface area is 124 Å². The number of hydrogen-bond acceptors (Lipinski definition) is 3. The zero-order valence-corrected chi connectivity index (χ0v) is 13.4. The van der Waals surface area contributed by atoms with Crippen molar-refractivity contribution in [2.24, 2.45) is 5.92 Å². The minimum atomic E-state index is -0.112. The van der Waals surface area contributed by atoms with Crippen LogP contribution in [0.1, 0.15) is 18.4 Å². The predicted octanol–water partition coefficient (Wildman–Crippen LogP) is 3.12. The Morgan fingerprint density at radius 1 is 1.42 bits per heavy atom. The Hall–Kier alpha value is -0.870. The lowest BCUT2D eigenvalue weighted by Gasteiger charge is -2.16. The minimum absolute atomic E-state index is 0.0563. The summed E-state index contributed by atoms with van der Waals surface area (Å²) < 4.78 is 5.95. The Balaban J connectivity index is 2.61. The molecule has 0 N–H and O–H groups in total. The molecule has 0 aliphatic carbocycles. The highest BCUT2D eigenvalue weighted by Crippen LogP contribution is 2.19. The molecule has 0 aromatic heterocycles. The summed E-state index contributed by atoms with van der Waals surface area (Å²) in [4.78, 5) is 14.0. The van der Waals surface area contributed by atoms with Gasteiger partial charge in [-0.05, 0) is 57.6 Å². The first-order valence-electron chi connectivity index (χ1n) is 6.50. The third-order valence-corrected chi connectivity index (χ3v) is 3.56. The molecule has 1 unspecified atom stereocenters. The second kappa shape index (κ2) is 8.33. The molecular weight excluding hydrogens is 306 g/mol. The van der Waals surface area contributed by atoms with Crippen molar-refractivity contribution < 1.29 is 9.53 Å². The molecule has 1 aromatic rings. The highest BCUT2D eigenvalue weighted by Gasteiger charge is 2.19. The smallest absolute Gasteiger partial charge is 0.308 e. The molecule has 0 aliphatic heterocycles. The van der Waals surface area contributed by atoms with Gasteiger partial charge in [0.1, 0.15) is 0 Å². The van der Waals surface area contributed by atoms with E-state index in [4.69, 9.17) is 4.74 Å². The second-order valence-electron chi connectivity index (χ2n) is 5.00. The number of hydrogen-bond donors (Lipinski definition) is 0. The summed E-state index contributed by atoms with van der Waals surface area (Å²) in [5.74, 6) is -0.169. The minimum Gasteiger partial charge on any atom is -0.469 e. The highest BCUT2D eigenvalue weighted by molar-refractivity contribution is 9.10. The summed E-state index contributed by atoms with van der Waals surface area (Å²) in [6.45, 7) is 0.992. The van der Waals surface area contributed by atoms with Crippen LogP contribution in [0.25, 0.3) is 0 Å². The van der Waals surface area contributed by atoms with Crippen LogP contribution in [0.4, 0.5) is 0 Å². The van der Waals surface area contributed by atoms with E-state index in [1.165, 1.54) is 7.11 Å². The molecule has 0 fully saturated rings. The maximum Gasteiger partial charge on any atom is 0.308 e. The number of nitrogens with zero attached hydrogens (tertiary/aromatic N) is 1. The molecule has 0 saturated heterocycles. The fraction of sp³-hybridized carbons (Fsp3) is 0.533. The Kier molecular flexibility index (Phi) is 7.10. The van der Waals surface area contributed by atoms with Crippen molar-refractivity contribution in [3.8, 4) is 0 Å². The van der Waals surface area contributed by atoms with Crippen molar-refractivity contribution in [2.75, 3.05) is 27.7 Å². The zero-order valence-electron chi connectivity index (χ0n) is 11.9. The lowest BCUT2D eigenvalue weighted by atomic mass is 9.95. The molecule has 3 nitrogen and oxygen atoms in total. The number of carbonyl (C=O) groups excluding carboxylic acids is 1. The van der Waals surface area contributed by atoms with Gasteiger partial charge in [0, 0.05) is 4.47 Å². The number of ether oxygens (including phenoxy) is 1. The lowest BCUT2D eigenvalue weighted by Crippen LogP contribution is -2.21. The molecular formula is C15H22BrNO2. The summed E-state index contributed by atoms with van der Waals surface area (Å²) in [7, 11) is 5.55. The summed E-state index contributed by atoms with van der Waals surface area (Å²) in [6.07, 6.45) is 2.59. The van der Waals surface area contributed by atoms with E-state index in [1.54, 1.807) is 0 Å². The molecule has 0 saturated carbocycles. The fourth-order valence-corrected chi connectivity index (χ4v) is 2.52. The lowest BCUT2D eigenvalue weighted by molar-refractivity contribution is -0.145. The molecule has 106 valence electrons. The molecule has 19 heavy (non-hydrogen) atoms. The van der Waals surface area contributed by atoms with Gasteiger partial charge < -0.3 is 9.64 Å². The van der Waals surface area contributed by atoms with Crippen LogP contribution in [0.15, 0.2) is 28.7 Å². The van der Waals surface area contributed by atoms with Crippen LogP contribution in [-0.4, -0.2) is 38.6 Å². The van der Waals surface area contributed by atoms with Crippen molar-refractivity contribution in [3.63, 3.8) is 0 Å². The second-order valence-corrected chi connectivity index (χ2v) is 5.92. The van der Waals surface area contributed by atoms with Gasteiger partial charge in [0.05, 0.1) is 13.0 Å². The van der Waals surface area contributed by atoms with Crippen LogP contribution in [0, 0.1) is 5.92 Å². The molecule has 0 aliphatic rings. The molecule has 1 rings (SSSR count). The van der Waals surface area contributed by atoms with Gasteiger partial charge >= 0.3 is 5.97 Å². The first kappa shape index (κ1) is 16.2. The van der Waals surface area contributed by atoms with Crippen LogP contribution in [0.5, 0.6) is 0 Å². The van der Waals surface area contributed by atoms with Gasteiger partial charge in [-0.2, -0.15) is 0 Å². The highest BCUT2D eigenvalue weighted by atomic mass is 79.9. The van der Waals surface area contributed by atoms with E-state index < -0.39 is 0 Å². The topological polar surface area (TPSA) is 29.5 Å². The monoisotopic (exact) mass is 327 g/mol. The predicted molar refractivity (Wildman–Crippen MR) is 81.1 cm³/mol. The Morgan fingerprint density at radius 2 is 2.16 bits per heavy atom. The third-order valence-electron chi connectivity index (χ3n) is 3.06. The maximum atomic E-state index is 11.8. The molecule has 4 heteroatoms. The molecule has 1 aromatic carbocycles. The van der Waals surface area contributed by atoms with Crippen LogP contribution in [-0.2, 0) is 16.0 Å². The van der Waals surface area contributed by atoms with Crippen LogP contribution < -0.4 is 0 Å². The summed E-state index contributed by atoms with van der Waals surface area (Å²) in [5.41, 5.74) is 1.16. The summed E-state index contributed by atoms with van der Waals surface area (Å²) in [5, 5.41) is 0. The summed E-state index contributed by atoms with van der Waals surface area (Å²) in [6, 6.07) is 8.09. The SMILES string of the molecule is COC(=O)C(CCCN(C)C)Cc1cccc(Br)c1. The van der Waals surface area contributed by atoms with Gasteiger partial charge in [0.25, 0.3) is 0 Å². The van der Waals surface area contributed by atoms with Gasteiger partial charge in [-0.15, -0.1) is 0 Å². The van der Waals surface area contributed by atoms with E-state index in [0.717, 1.165) is 35.8 Å². The number of esters is 1. The van der Waals surface area contributed by atoms with Gasteiger partial charge in [0.2, 0.25) is 0 Å². The number of carbonyl (C=O) groups is 1. The molecule has 0 amide bonds. The number of rotatable bonds is 7. The van der Waals surface area contributed by atoms with Crippen molar-refractivity contribution in [3.05, 3.63) is 34.3 Å². The standard InChI is InChI=1S/C15H22BrNO2/c1-17(2)9-5-7-13(15(18)19-3)10-12-6-4-8-14(16)11-12/h4,6,8,11,13H,5,7,9-10H2,1-3H3. The molecule has 0 radical (unpaired) electrons. The van der Waals surface area contributed by atoms with Gasteiger partial charge in [-0.25, -0.2) is 0 Å². The van der Waals surface area contributed by atoms with E-state index in [0.29, 0.717) is 0 Å². The van der Waals surface area contributed by atoms with E-state index in [1.807, 2.05) is 32.3 Å². The molecule has 0 heterocycles. The average Bonchev–Trinajstić information content (AvgIpc) is 2.36. The zero-order chi connectivity index (χ0) is 14.3. The number of halogens is 1. The van der Waals surface area contributed by atoms with Crippen molar-refractivity contribution in [1.29, 1.82) is 0 Å². The average molecular weight is 328 g/mol. The van der Waals surface area contributed by atoms with Crippen molar-refractivity contribution in [1.82, 2.24) is 4.90 Å². The number of benzene rings is 1. The summed E-state index contributed by atoms with van der Waals surface area (Å²) >= 11 is 3.46. The van der Waals surface area contributed by atoms with E-state index in [-0.39, 0.29) is 11.9 Å². The van der Waals surface area contributed by atoms with Crippen molar-refractivity contribution >= 4 is 21.9 Å². The van der Waals surface area contributed by atoms with Crippen LogP contribution in [0.2, 0.25) is 0 Å². The van der Waals surface area contributed by atoms with Gasteiger partial charge in [0.15, 0.2) is 0 Å². The number of methoxy groups -OCH3 is 1. The largest absolute Gasteiger partial charge is 0.469 e. The van der Waals surface area contributed by atoms with Gasteiger partial charge in [-0.3, -0.25) is 4.79 Å². The molecule has 0 bridgehead atoms. The van der Waals surface area contributed by atoms with E-state index in [9.17, 15) is 4.79 Å². The van der Waals surface area contributed by atoms with Crippen LogP contribution in [0.3, 0.4) is 0 Å². The first-order chi connectivity index (χ1) is 9.02. The first-order valence-corrected chi connectivity index (χ1v) is 7.29. The molecule has 0 spiro atoms.